The average molecular weight is 468 g/mol. The highest BCUT2D eigenvalue weighted by Crippen LogP contribution is 2.49. The predicted octanol–water partition coefficient (Wildman–Crippen LogP) is 5.02. The van der Waals surface area contributed by atoms with E-state index in [4.69, 9.17) is 11.6 Å². The van der Waals surface area contributed by atoms with E-state index >= 15 is 0 Å². The monoisotopic (exact) mass is 467 g/mol. The molecular weight excluding hydrogens is 442 g/mol. The van der Waals surface area contributed by atoms with Crippen LogP contribution in [0.5, 0.6) is 0 Å². The lowest BCUT2D eigenvalue weighted by molar-refractivity contribution is -0.119. The highest BCUT2D eigenvalue weighted by atomic mass is 35.5. The summed E-state index contributed by atoms with van der Waals surface area (Å²) in [5.41, 5.74) is 1.80. The highest BCUT2D eigenvalue weighted by Gasteiger charge is 2.42. The maximum absolute atomic E-state index is 12.7. The van der Waals surface area contributed by atoms with Gasteiger partial charge in [-0.15, -0.1) is 10.2 Å². The van der Waals surface area contributed by atoms with Crippen molar-refractivity contribution in [2.45, 2.75) is 43.8 Å². The van der Waals surface area contributed by atoms with Crippen molar-refractivity contribution in [3.63, 3.8) is 0 Å². The Kier molecular flexibility index (Phi) is 6.20. The number of benzene rings is 1. The fraction of sp³-hybridized carbons (Fsp3) is 0.417. The second kappa shape index (κ2) is 9.24. The number of fused-ring (bicyclic) bond motifs is 2. The maximum Gasteiger partial charge on any atom is 0.230 e. The van der Waals surface area contributed by atoms with Crippen molar-refractivity contribution < 1.29 is 4.79 Å². The van der Waals surface area contributed by atoms with Crippen LogP contribution in [0.4, 0.5) is 0 Å². The van der Waals surface area contributed by atoms with Crippen LogP contribution < -0.4 is 5.32 Å². The molecule has 32 heavy (non-hydrogen) atoms. The van der Waals surface area contributed by atoms with Crippen LogP contribution in [0.3, 0.4) is 0 Å². The zero-order valence-electron chi connectivity index (χ0n) is 17.9. The molecule has 0 aliphatic heterocycles. The third kappa shape index (κ3) is 4.41. The van der Waals surface area contributed by atoms with Gasteiger partial charge in [-0.3, -0.25) is 14.3 Å². The Balaban J connectivity index is 1.31. The number of hydrogen-bond acceptors (Lipinski definition) is 5. The Bertz CT molecular complexity index is 1090. The van der Waals surface area contributed by atoms with Gasteiger partial charge in [0.25, 0.3) is 0 Å². The largest absolute Gasteiger partial charge is 0.353 e. The number of amides is 1. The minimum Gasteiger partial charge on any atom is -0.353 e. The lowest BCUT2D eigenvalue weighted by Crippen LogP contribution is -2.40. The number of halogens is 1. The number of aromatic nitrogens is 4. The number of nitrogens with zero attached hydrogens (tertiary/aromatic N) is 4. The molecule has 2 saturated carbocycles. The number of carbonyl (C=O) groups is 1. The lowest BCUT2D eigenvalue weighted by Gasteiger charge is -2.28. The lowest BCUT2D eigenvalue weighted by atomic mass is 9.84. The molecule has 0 spiro atoms. The molecule has 4 unspecified atom stereocenters. The first-order valence-electron chi connectivity index (χ1n) is 11.1. The third-order valence-corrected chi connectivity index (χ3v) is 7.99. The summed E-state index contributed by atoms with van der Waals surface area (Å²) in [6.07, 6.45) is 8.77. The van der Waals surface area contributed by atoms with Crippen LogP contribution in [0.15, 0.2) is 53.9 Å². The molecule has 4 atom stereocenters. The Hall–Kier alpha value is -2.38. The minimum absolute atomic E-state index is 0.0430. The molecule has 2 aliphatic carbocycles. The van der Waals surface area contributed by atoms with Gasteiger partial charge in [0, 0.05) is 34.7 Å². The molecule has 5 rings (SSSR count). The quantitative estimate of drug-likeness (QED) is 0.494. The zero-order chi connectivity index (χ0) is 22.1. The number of carbonyl (C=O) groups excluding carboxylic acids is 1. The van der Waals surface area contributed by atoms with Gasteiger partial charge in [-0.2, -0.15) is 0 Å². The van der Waals surface area contributed by atoms with Gasteiger partial charge in [0.15, 0.2) is 11.0 Å². The maximum atomic E-state index is 12.7. The van der Waals surface area contributed by atoms with E-state index in [9.17, 15) is 4.79 Å². The summed E-state index contributed by atoms with van der Waals surface area (Å²) in [4.78, 5) is 16.8. The number of thioether (sulfide) groups is 1. The fourth-order valence-corrected chi connectivity index (χ4v) is 6.20. The van der Waals surface area contributed by atoms with Crippen molar-refractivity contribution in [1.82, 2.24) is 25.1 Å². The number of pyridine rings is 1. The van der Waals surface area contributed by atoms with Crippen molar-refractivity contribution in [3.05, 3.63) is 53.8 Å². The van der Waals surface area contributed by atoms with Crippen molar-refractivity contribution in [2.75, 3.05) is 5.75 Å². The van der Waals surface area contributed by atoms with Gasteiger partial charge in [0.05, 0.1) is 5.75 Å². The van der Waals surface area contributed by atoms with Gasteiger partial charge >= 0.3 is 0 Å². The predicted molar refractivity (Wildman–Crippen MR) is 127 cm³/mol. The van der Waals surface area contributed by atoms with E-state index in [0.29, 0.717) is 27.7 Å². The van der Waals surface area contributed by atoms with E-state index < -0.39 is 0 Å². The van der Waals surface area contributed by atoms with Gasteiger partial charge in [-0.1, -0.05) is 29.8 Å². The second-order valence-electron chi connectivity index (χ2n) is 8.84. The molecule has 2 heterocycles. The van der Waals surface area contributed by atoms with E-state index in [-0.39, 0.29) is 11.9 Å². The van der Waals surface area contributed by atoms with Crippen molar-refractivity contribution in [2.24, 2.45) is 17.8 Å². The Morgan fingerprint density at radius 2 is 1.94 bits per heavy atom. The first-order chi connectivity index (χ1) is 15.6. The summed E-state index contributed by atoms with van der Waals surface area (Å²) in [6.45, 7) is 2.16. The van der Waals surface area contributed by atoms with Crippen LogP contribution >= 0.6 is 23.4 Å². The van der Waals surface area contributed by atoms with Gasteiger partial charge in [-0.25, -0.2) is 0 Å². The Morgan fingerprint density at radius 3 is 2.62 bits per heavy atom. The molecule has 1 aromatic carbocycles. The van der Waals surface area contributed by atoms with Gasteiger partial charge in [0.2, 0.25) is 5.91 Å². The molecule has 2 fully saturated rings. The molecule has 2 bridgehead atoms. The van der Waals surface area contributed by atoms with E-state index in [0.717, 1.165) is 23.1 Å². The summed E-state index contributed by atoms with van der Waals surface area (Å²) in [5.74, 6) is 3.34. The van der Waals surface area contributed by atoms with E-state index in [1.807, 2.05) is 41.0 Å². The molecule has 2 aromatic heterocycles. The smallest absolute Gasteiger partial charge is 0.230 e. The standard InChI is InChI=1S/C24H26ClN5OS/c1-15(21-13-16-2-3-18(21)12-16)27-22(31)14-32-24-29-28-23(17-8-10-26-11-9-17)30(24)20-6-4-19(25)5-7-20/h4-11,15-16,18,21H,2-3,12-14H2,1H3,(H,27,31). The molecule has 6 nitrogen and oxygen atoms in total. The normalized spacial score (nSPS) is 22.8. The summed E-state index contributed by atoms with van der Waals surface area (Å²) >= 11 is 7.49. The van der Waals surface area contributed by atoms with Crippen LogP contribution in [0, 0.1) is 17.8 Å². The topological polar surface area (TPSA) is 72.7 Å². The van der Waals surface area contributed by atoms with Gasteiger partial charge in [-0.05, 0) is 80.3 Å². The number of rotatable bonds is 7. The summed E-state index contributed by atoms with van der Waals surface area (Å²) in [6, 6.07) is 11.6. The molecular formula is C24H26ClN5OS. The molecule has 2 aliphatic rings. The first kappa shape index (κ1) is 21.5. The average Bonchev–Trinajstić information content (AvgIpc) is 3.55. The number of hydrogen-bond donors (Lipinski definition) is 1. The fourth-order valence-electron chi connectivity index (χ4n) is 5.31. The van der Waals surface area contributed by atoms with E-state index in [1.165, 1.54) is 37.4 Å². The van der Waals surface area contributed by atoms with Crippen LogP contribution in [0.25, 0.3) is 17.1 Å². The molecule has 8 heteroatoms. The Morgan fingerprint density at radius 1 is 1.16 bits per heavy atom. The van der Waals surface area contributed by atoms with E-state index in [1.54, 1.807) is 12.4 Å². The third-order valence-electron chi connectivity index (χ3n) is 6.81. The molecule has 166 valence electrons. The van der Waals surface area contributed by atoms with Crippen LogP contribution in [0.1, 0.15) is 32.6 Å². The van der Waals surface area contributed by atoms with Crippen LogP contribution in [-0.2, 0) is 4.79 Å². The molecule has 1 N–H and O–H groups in total. The summed E-state index contributed by atoms with van der Waals surface area (Å²) in [7, 11) is 0. The van der Waals surface area contributed by atoms with Gasteiger partial charge < -0.3 is 5.32 Å². The van der Waals surface area contributed by atoms with Crippen LogP contribution in [-0.4, -0.2) is 37.5 Å². The van der Waals surface area contributed by atoms with Gasteiger partial charge in [0.1, 0.15) is 0 Å². The minimum atomic E-state index is 0.0430. The van der Waals surface area contributed by atoms with Crippen molar-refractivity contribution in [1.29, 1.82) is 0 Å². The summed E-state index contributed by atoms with van der Waals surface area (Å²) < 4.78 is 1.96. The SMILES string of the molecule is CC(NC(=O)CSc1nnc(-c2ccncc2)n1-c1ccc(Cl)cc1)C1CC2CCC1C2. The zero-order valence-corrected chi connectivity index (χ0v) is 19.5. The van der Waals surface area contributed by atoms with E-state index in [2.05, 4.69) is 27.4 Å². The number of nitrogens with one attached hydrogen (secondary N) is 1. The van der Waals surface area contributed by atoms with Crippen molar-refractivity contribution >= 4 is 29.3 Å². The molecule has 3 aromatic rings. The molecule has 1 amide bonds. The first-order valence-corrected chi connectivity index (χ1v) is 12.5. The van der Waals surface area contributed by atoms with Crippen molar-refractivity contribution in [3.8, 4) is 17.1 Å². The highest BCUT2D eigenvalue weighted by molar-refractivity contribution is 7.99. The molecule has 0 saturated heterocycles. The van der Waals surface area contributed by atoms with Crippen LogP contribution in [0.2, 0.25) is 5.02 Å². The summed E-state index contributed by atoms with van der Waals surface area (Å²) in [5, 5.41) is 13.4. The Labute approximate surface area is 197 Å². The molecule has 0 radical (unpaired) electrons. The second-order valence-corrected chi connectivity index (χ2v) is 10.2.